The first-order chi connectivity index (χ1) is 34.2. The Morgan fingerprint density at radius 2 is 1.00 bits per heavy atom. The van der Waals surface area contributed by atoms with E-state index in [-0.39, 0.29) is 48.5 Å². The van der Waals surface area contributed by atoms with Crippen LogP contribution in [0.2, 0.25) is 0 Å². The lowest BCUT2D eigenvalue weighted by atomic mass is 10.1. The maximum absolute atomic E-state index is 12.1. The van der Waals surface area contributed by atoms with E-state index in [9.17, 15) is 76.4 Å². The van der Waals surface area contributed by atoms with E-state index in [0.29, 0.717) is 0 Å². The topological polar surface area (TPSA) is 634 Å². The number of hydrogen-bond acceptors (Lipinski definition) is 28. The van der Waals surface area contributed by atoms with Crippen LogP contribution in [0, 0.1) is 0 Å². The van der Waals surface area contributed by atoms with Gasteiger partial charge in [-0.05, 0) is 0 Å². The molecule has 48 heteroatoms. The van der Waals surface area contributed by atoms with Crippen molar-refractivity contribution in [3.05, 3.63) is 46.0 Å². The number of alkyl carbamates (subject to hydrolysis) is 2. The highest BCUT2D eigenvalue weighted by atomic mass is 31.3. The third-order valence-corrected chi connectivity index (χ3v) is 16.5. The van der Waals surface area contributed by atoms with Crippen molar-refractivity contribution in [3.63, 3.8) is 0 Å². The number of nitrogens with two attached hydrogens (primary N) is 2. The van der Waals surface area contributed by atoms with Gasteiger partial charge < -0.3 is 100 Å². The van der Waals surface area contributed by atoms with Crippen LogP contribution in [0.1, 0.15) is 12.5 Å². The minimum Gasteiger partial charge on any atom is -0.440 e. The van der Waals surface area contributed by atoms with Crippen molar-refractivity contribution >= 4 is 81.5 Å². The smallest absolute Gasteiger partial charge is 0.440 e. The van der Waals surface area contributed by atoms with Crippen LogP contribution in [-0.4, -0.2) is 177 Å². The van der Waals surface area contributed by atoms with Gasteiger partial charge >= 0.3 is 59.1 Å². The number of nitrogens with zero attached hydrogens (tertiary/aromatic N) is 6. The van der Waals surface area contributed by atoms with Crippen molar-refractivity contribution < 1.29 is 132 Å². The molecule has 74 heavy (non-hydrogen) atoms. The highest BCUT2D eigenvalue weighted by Crippen LogP contribution is 2.67. The van der Waals surface area contributed by atoms with Crippen molar-refractivity contribution in [2.75, 3.05) is 39.4 Å². The number of carbonyl (C=O) groups is 2. The minimum atomic E-state index is -5.80. The number of phosphoric acid groups is 6. The molecule has 0 radical (unpaired) electrons. The number of aliphatic hydroxyl groups excluding tert-OH is 2. The van der Waals surface area contributed by atoms with Crippen molar-refractivity contribution in [2.24, 2.45) is 11.5 Å². The van der Waals surface area contributed by atoms with Gasteiger partial charge in [0.15, 0.2) is 47.0 Å². The van der Waals surface area contributed by atoms with Gasteiger partial charge in [-0.25, -0.2) is 56.9 Å². The number of phosphoric ester groups is 2. The molecule has 2 amide bonds. The van der Waals surface area contributed by atoms with Crippen molar-refractivity contribution in [3.8, 4) is 0 Å². The van der Waals surface area contributed by atoms with Crippen LogP contribution in [0.25, 0.3) is 22.3 Å². The summed E-state index contributed by atoms with van der Waals surface area (Å²) in [6.45, 7) is -2.01. The molecule has 2 aliphatic heterocycles. The lowest BCUT2D eigenvalue weighted by Crippen LogP contribution is -2.42. The molecule has 6 rings (SSSR count). The molecular weight excluding hydrogens is 1150 g/mol. The molecule has 0 aromatic carbocycles. The number of aliphatic hydroxyl groups is 2. The van der Waals surface area contributed by atoms with Gasteiger partial charge in [-0.3, -0.25) is 27.8 Å². The maximum atomic E-state index is 12.1. The number of nitrogens with one attached hydrogen (secondary N) is 4. The van der Waals surface area contributed by atoms with Gasteiger partial charge in [-0.1, -0.05) is 0 Å². The largest absolute Gasteiger partial charge is 0.490 e. The van der Waals surface area contributed by atoms with Crippen LogP contribution < -0.4 is 33.2 Å². The lowest BCUT2D eigenvalue weighted by molar-refractivity contribution is -0.0522. The summed E-state index contributed by atoms with van der Waals surface area (Å²) in [4.78, 5) is 140. The first-order valence-electron chi connectivity index (χ1n) is 19.6. The maximum Gasteiger partial charge on any atom is 0.490 e. The Bertz CT molecular complexity index is 3050. The molecule has 0 aliphatic carbocycles. The predicted molar refractivity (Wildman–Crippen MR) is 230 cm³/mol. The van der Waals surface area contributed by atoms with E-state index in [0.717, 1.165) is 34.4 Å². The summed E-state index contributed by atoms with van der Waals surface area (Å²) in [5.41, 5.74) is 8.99. The summed E-state index contributed by atoms with van der Waals surface area (Å²) in [5.74, 6) is 0. The third-order valence-electron chi connectivity index (χ3n) is 8.85. The average Bonchev–Trinajstić information content (AvgIpc) is 4.03. The summed E-state index contributed by atoms with van der Waals surface area (Å²) in [7, 11) is -33.9. The van der Waals surface area contributed by atoms with Gasteiger partial charge in [-0.2, -0.15) is 17.2 Å². The zero-order valence-corrected chi connectivity index (χ0v) is 41.7. The molecule has 0 saturated carbocycles. The number of imidazole rings is 2. The Morgan fingerprint density at radius 3 is 1.43 bits per heavy atom. The van der Waals surface area contributed by atoms with Crippen LogP contribution in [0.15, 0.2) is 34.9 Å². The molecule has 6 heterocycles. The summed E-state index contributed by atoms with van der Waals surface area (Å²) < 4.78 is 116. The first kappa shape index (κ1) is 60.7. The minimum absolute atomic E-state index is 0.00752. The Kier molecular flexibility index (Phi) is 20.0. The second-order valence-electron chi connectivity index (χ2n) is 14.2. The highest BCUT2D eigenvalue weighted by Gasteiger charge is 2.51. The first-order valence-corrected chi connectivity index (χ1v) is 28.6. The molecule has 4 aromatic rings. The third kappa shape index (κ3) is 16.9. The van der Waals surface area contributed by atoms with Gasteiger partial charge in [0.2, 0.25) is 0 Å². The standard InChI is InChI=1S/2C13H21N6O15P3/c14-1-2-15-13(22)32-9-6(3-30-36(26,27)34-37(28,29)33-35(23,24)25)31-12(8(9)20)19-5-18-7-10(19)16-4-17-11(7)21;14-1-2-15-13(22)32-9-8(20)6(3-30-36(26,27)34-37(28,29)33-35(23,24)25)31-12(9)19-5-18-7-10(19)16-4-17-11(7)21/h2*4-6,8-9,12,20H,1-3,14H2,(H,15,22)(H,26,27)(H,28,29)(H,16,17,21)(H2,23,24,25)/t2*6-,8-,9-,12-/m11/s1. The number of fused-ring (bicyclic) bond motifs is 2. The number of aromatic amines is 2. The molecule has 42 nitrogen and oxygen atoms in total. The number of H-pyrrole nitrogens is 2. The number of hydrogen-bond donors (Lipinski definition) is 16. The quantitative estimate of drug-likeness (QED) is 0.0330. The van der Waals surface area contributed by atoms with Crippen LogP contribution in [0.5, 0.6) is 0 Å². The fourth-order valence-corrected chi connectivity index (χ4v) is 12.2. The number of rotatable bonds is 22. The number of amides is 2. The SMILES string of the molecule is NCCNC(=O)O[C@@H]1[C@H](O)[C@@H](COP(=O)(O)OP(=O)(O)OP(=O)(O)O)O[C@H]1n1cnc2c(=O)[nH]cnc21.NCCNC(=O)O[C@H]1[C@@H](O)[C@H](n2cnc3c(=O)[nH]cnc32)O[C@@H]1COP(=O)(O)OP(=O)(O)OP(=O)(O)O. The molecule has 416 valence electrons. The van der Waals surface area contributed by atoms with E-state index in [1.807, 2.05) is 0 Å². The molecule has 2 aliphatic rings. The number of carbonyl (C=O) groups excluding carboxylic acids is 2. The van der Waals surface area contributed by atoms with Crippen LogP contribution in [-0.2, 0) is 72.6 Å². The molecule has 18 N–H and O–H groups in total. The van der Waals surface area contributed by atoms with E-state index in [2.05, 4.69) is 66.8 Å². The lowest BCUT2D eigenvalue weighted by Gasteiger charge is -2.22. The Labute approximate surface area is 408 Å². The van der Waals surface area contributed by atoms with Gasteiger partial charge in [-0.15, -0.1) is 0 Å². The molecule has 0 bridgehead atoms. The monoisotopic (exact) mass is 1190 g/mol. The Hall–Kier alpha value is -4.18. The highest BCUT2D eigenvalue weighted by molar-refractivity contribution is 7.67. The van der Waals surface area contributed by atoms with Gasteiger partial charge in [0.05, 0.1) is 38.5 Å². The van der Waals surface area contributed by atoms with Gasteiger partial charge in [0.1, 0.15) is 24.4 Å². The second-order valence-corrected chi connectivity index (χ2v) is 23.0. The molecule has 4 unspecified atom stereocenters. The Morgan fingerprint density at radius 1 is 0.595 bits per heavy atom. The molecule has 0 spiro atoms. The average molecular weight is 1190 g/mol. The molecule has 2 saturated heterocycles. The Balaban J connectivity index is 0.000000274. The van der Waals surface area contributed by atoms with Crippen molar-refractivity contribution in [2.45, 2.75) is 49.1 Å². The summed E-state index contributed by atoms with van der Waals surface area (Å²) in [5, 5.41) is 26.1. The fourth-order valence-electron chi connectivity index (χ4n) is 6.16. The molecule has 2 fully saturated rings. The molecular formula is C26H42N12O30P6. The number of aromatic nitrogens is 8. The summed E-state index contributed by atoms with van der Waals surface area (Å²) >= 11 is 0. The van der Waals surface area contributed by atoms with Gasteiger partial charge in [0.25, 0.3) is 11.1 Å². The molecule has 12 atom stereocenters. The van der Waals surface area contributed by atoms with E-state index in [1.165, 1.54) is 0 Å². The number of ether oxygens (including phenoxy) is 4. The fraction of sp³-hybridized carbons (Fsp3) is 0.538. The second kappa shape index (κ2) is 24.4. The van der Waals surface area contributed by atoms with Crippen LogP contribution >= 0.6 is 46.9 Å². The van der Waals surface area contributed by atoms with Crippen molar-refractivity contribution in [1.29, 1.82) is 0 Å². The molecule has 4 aromatic heterocycles. The van der Waals surface area contributed by atoms with Gasteiger partial charge in [0, 0.05) is 26.2 Å². The van der Waals surface area contributed by atoms with E-state index >= 15 is 0 Å². The van der Waals surface area contributed by atoms with E-state index in [4.69, 9.17) is 50.0 Å². The normalized spacial score (nSPS) is 25.5. The summed E-state index contributed by atoms with van der Waals surface area (Å²) in [6.07, 6.45) is -10.5. The summed E-state index contributed by atoms with van der Waals surface area (Å²) in [6, 6.07) is 0. The van der Waals surface area contributed by atoms with Crippen LogP contribution in [0.3, 0.4) is 0 Å². The van der Waals surface area contributed by atoms with E-state index in [1.54, 1.807) is 0 Å². The predicted octanol–water partition coefficient (Wildman–Crippen LogP) is -4.45. The van der Waals surface area contributed by atoms with Crippen LogP contribution in [0.4, 0.5) is 9.59 Å². The van der Waals surface area contributed by atoms with Crippen molar-refractivity contribution in [1.82, 2.24) is 49.7 Å². The van der Waals surface area contributed by atoms with E-state index < -0.39 is 133 Å². The zero-order valence-electron chi connectivity index (χ0n) is 36.3. The zero-order chi connectivity index (χ0) is 55.2.